The minimum atomic E-state index is -0.270. The van der Waals surface area contributed by atoms with Gasteiger partial charge >= 0.3 is 0 Å². The SMILES string of the molecule is O=C1CNCC2=C1C(c1cnc(NC(=O)c3ccc(Cl)cc3)s1)c1cn[nH]c1N2. The molecule has 4 heterocycles. The van der Waals surface area contributed by atoms with Crippen molar-refractivity contribution < 1.29 is 9.59 Å². The monoisotopic (exact) mass is 426 g/mol. The number of H-pyrrole nitrogens is 1. The smallest absolute Gasteiger partial charge is 0.257 e. The molecule has 0 bridgehead atoms. The lowest BCUT2D eigenvalue weighted by molar-refractivity contribution is -0.115. The maximum Gasteiger partial charge on any atom is 0.257 e. The van der Waals surface area contributed by atoms with Crippen molar-refractivity contribution in [2.24, 2.45) is 0 Å². The van der Waals surface area contributed by atoms with Crippen LogP contribution in [0.5, 0.6) is 0 Å². The summed E-state index contributed by atoms with van der Waals surface area (Å²) in [5, 5.41) is 17.3. The van der Waals surface area contributed by atoms with Crippen molar-refractivity contribution in [3.63, 3.8) is 0 Å². The second-order valence-electron chi connectivity index (χ2n) is 6.71. The maximum absolute atomic E-state index is 12.7. The molecule has 3 aromatic rings. The summed E-state index contributed by atoms with van der Waals surface area (Å²) in [6, 6.07) is 6.63. The van der Waals surface area contributed by atoms with Crippen molar-refractivity contribution in [3.05, 3.63) is 69.0 Å². The Morgan fingerprint density at radius 1 is 1.21 bits per heavy atom. The largest absolute Gasteiger partial charge is 0.342 e. The van der Waals surface area contributed by atoms with Crippen LogP contribution >= 0.6 is 22.9 Å². The number of carbonyl (C=O) groups is 2. The zero-order valence-corrected chi connectivity index (χ0v) is 16.5. The van der Waals surface area contributed by atoms with Gasteiger partial charge in [-0.15, -0.1) is 11.3 Å². The fraction of sp³-hybridized carbons (Fsp3) is 0.158. The van der Waals surface area contributed by atoms with Crippen LogP contribution in [0.3, 0.4) is 0 Å². The standard InChI is InChI=1S/C19H15ClN6O2S/c20-10-3-1-9(2-4-10)18(28)25-19-22-8-14(29-19)15-11-5-23-26-17(11)24-12-6-21-7-13(27)16(12)15/h1-5,8,15,21H,6-7H2,(H,22,25,28)(H2,23,24,26). The Kier molecular flexibility index (Phi) is 4.42. The van der Waals surface area contributed by atoms with Gasteiger partial charge in [-0.05, 0) is 24.3 Å². The van der Waals surface area contributed by atoms with Crippen LogP contribution in [-0.2, 0) is 4.79 Å². The second kappa shape index (κ2) is 7.11. The first-order valence-electron chi connectivity index (χ1n) is 8.90. The highest BCUT2D eigenvalue weighted by molar-refractivity contribution is 7.15. The number of rotatable bonds is 3. The molecule has 2 aliphatic rings. The van der Waals surface area contributed by atoms with Gasteiger partial charge in [-0.1, -0.05) is 11.6 Å². The van der Waals surface area contributed by atoms with E-state index in [1.807, 2.05) is 0 Å². The van der Waals surface area contributed by atoms with Gasteiger partial charge in [0.25, 0.3) is 5.91 Å². The Labute approximate surface area is 174 Å². The van der Waals surface area contributed by atoms with Crippen molar-refractivity contribution in [1.29, 1.82) is 0 Å². The summed E-state index contributed by atoms with van der Waals surface area (Å²) in [5.41, 5.74) is 2.93. The van der Waals surface area contributed by atoms with Crippen LogP contribution in [0.2, 0.25) is 5.02 Å². The number of ketones is 1. The normalized spacial score (nSPS) is 18.1. The van der Waals surface area contributed by atoms with Gasteiger partial charge in [-0.2, -0.15) is 5.10 Å². The first-order chi connectivity index (χ1) is 14.1. The molecule has 2 aliphatic heterocycles. The molecule has 146 valence electrons. The van der Waals surface area contributed by atoms with E-state index in [2.05, 4.69) is 31.1 Å². The molecule has 5 rings (SSSR count). The number of halogens is 1. The summed E-state index contributed by atoms with van der Waals surface area (Å²) in [5.74, 6) is 0.268. The quantitative estimate of drug-likeness (QED) is 0.512. The highest BCUT2D eigenvalue weighted by atomic mass is 35.5. The van der Waals surface area contributed by atoms with Gasteiger partial charge in [0.1, 0.15) is 5.82 Å². The summed E-state index contributed by atoms with van der Waals surface area (Å²) in [4.78, 5) is 30.3. The minimum Gasteiger partial charge on any atom is -0.342 e. The average molecular weight is 427 g/mol. The number of anilines is 2. The number of aromatic nitrogens is 3. The van der Waals surface area contributed by atoms with Gasteiger partial charge in [0.2, 0.25) is 0 Å². The predicted molar refractivity (Wildman–Crippen MR) is 110 cm³/mol. The van der Waals surface area contributed by atoms with Crippen molar-refractivity contribution in [1.82, 2.24) is 20.5 Å². The van der Waals surface area contributed by atoms with Crippen LogP contribution in [0.1, 0.15) is 26.7 Å². The Hall–Kier alpha value is -3.01. The van der Waals surface area contributed by atoms with Crippen LogP contribution in [0.25, 0.3) is 0 Å². The minimum absolute atomic E-state index is 0.0377. The molecule has 1 unspecified atom stereocenters. The average Bonchev–Trinajstić information content (AvgIpc) is 3.36. The van der Waals surface area contributed by atoms with Gasteiger partial charge in [0.05, 0.1) is 18.7 Å². The van der Waals surface area contributed by atoms with E-state index in [1.165, 1.54) is 11.3 Å². The number of hydrogen-bond donors (Lipinski definition) is 4. The molecular weight excluding hydrogens is 412 g/mol. The van der Waals surface area contributed by atoms with E-state index in [1.54, 1.807) is 36.7 Å². The third kappa shape index (κ3) is 3.23. The Balaban J connectivity index is 1.46. The third-order valence-electron chi connectivity index (χ3n) is 4.89. The third-order valence-corrected chi connectivity index (χ3v) is 6.12. The molecule has 0 saturated carbocycles. The molecule has 0 radical (unpaired) electrons. The molecule has 2 aromatic heterocycles. The van der Waals surface area contributed by atoms with Gasteiger partial charge in [-0.3, -0.25) is 20.0 Å². The number of fused-ring (bicyclic) bond motifs is 1. The highest BCUT2D eigenvalue weighted by Gasteiger charge is 2.37. The molecule has 10 heteroatoms. The zero-order chi connectivity index (χ0) is 20.0. The number of benzene rings is 1. The molecule has 1 aromatic carbocycles. The van der Waals surface area contributed by atoms with Gasteiger partial charge in [0, 0.05) is 45.0 Å². The molecular formula is C19H15ClN6O2S. The van der Waals surface area contributed by atoms with Crippen molar-refractivity contribution >= 4 is 45.6 Å². The predicted octanol–water partition coefficient (Wildman–Crippen LogP) is 2.76. The lowest BCUT2D eigenvalue weighted by Gasteiger charge is -2.31. The van der Waals surface area contributed by atoms with Gasteiger partial charge in [-0.25, -0.2) is 4.98 Å². The second-order valence-corrected chi connectivity index (χ2v) is 8.20. The van der Waals surface area contributed by atoms with E-state index < -0.39 is 0 Å². The highest BCUT2D eigenvalue weighted by Crippen LogP contribution is 2.44. The van der Waals surface area contributed by atoms with E-state index in [0.717, 1.165) is 27.5 Å². The topological polar surface area (TPSA) is 112 Å². The first kappa shape index (κ1) is 18.0. The Morgan fingerprint density at radius 2 is 2.03 bits per heavy atom. The number of thiazole rings is 1. The molecule has 0 spiro atoms. The van der Waals surface area contributed by atoms with E-state index >= 15 is 0 Å². The fourth-order valence-electron chi connectivity index (χ4n) is 3.57. The summed E-state index contributed by atoms with van der Waals surface area (Å²) in [6.45, 7) is 0.873. The maximum atomic E-state index is 12.7. The molecule has 0 aliphatic carbocycles. The van der Waals surface area contributed by atoms with Crippen molar-refractivity contribution in [3.8, 4) is 0 Å². The van der Waals surface area contributed by atoms with Crippen LogP contribution in [-0.4, -0.2) is 40.0 Å². The van der Waals surface area contributed by atoms with Crippen LogP contribution < -0.4 is 16.0 Å². The van der Waals surface area contributed by atoms with Crippen LogP contribution in [0, 0.1) is 0 Å². The van der Waals surface area contributed by atoms with Crippen LogP contribution in [0.15, 0.2) is 47.9 Å². The number of nitrogens with zero attached hydrogens (tertiary/aromatic N) is 2. The lowest BCUT2D eigenvalue weighted by Crippen LogP contribution is -2.39. The van der Waals surface area contributed by atoms with E-state index in [4.69, 9.17) is 11.6 Å². The molecule has 0 saturated heterocycles. The summed E-state index contributed by atoms with van der Waals surface area (Å²) < 4.78 is 0. The molecule has 29 heavy (non-hydrogen) atoms. The number of carbonyl (C=O) groups excluding carboxylic acids is 2. The molecule has 8 nitrogen and oxygen atoms in total. The van der Waals surface area contributed by atoms with Crippen molar-refractivity contribution in [2.45, 2.75) is 5.92 Å². The number of amides is 1. The zero-order valence-electron chi connectivity index (χ0n) is 15.0. The number of nitrogens with one attached hydrogen (secondary N) is 4. The van der Waals surface area contributed by atoms with Gasteiger partial charge in [0.15, 0.2) is 10.9 Å². The summed E-state index contributed by atoms with van der Waals surface area (Å²) in [7, 11) is 0. The number of aromatic amines is 1. The summed E-state index contributed by atoms with van der Waals surface area (Å²) in [6.07, 6.45) is 3.42. The first-order valence-corrected chi connectivity index (χ1v) is 10.1. The van der Waals surface area contributed by atoms with Gasteiger partial charge < -0.3 is 10.6 Å². The molecule has 0 fully saturated rings. The fourth-order valence-corrected chi connectivity index (χ4v) is 4.64. The number of Topliss-reactive ketones (excluding diaryl/α,β-unsaturated/α-hetero) is 1. The molecule has 1 amide bonds. The van der Waals surface area contributed by atoms with Crippen molar-refractivity contribution in [2.75, 3.05) is 23.7 Å². The molecule has 1 atom stereocenters. The Morgan fingerprint density at radius 3 is 2.86 bits per heavy atom. The van der Waals surface area contributed by atoms with E-state index in [9.17, 15) is 9.59 Å². The van der Waals surface area contributed by atoms with E-state index in [-0.39, 0.29) is 17.6 Å². The lowest BCUT2D eigenvalue weighted by atomic mass is 9.83. The Bertz CT molecular complexity index is 1150. The molecule has 4 N–H and O–H groups in total. The summed E-state index contributed by atoms with van der Waals surface area (Å²) >= 11 is 7.22. The van der Waals surface area contributed by atoms with E-state index in [0.29, 0.717) is 28.8 Å². The number of hydrogen-bond acceptors (Lipinski definition) is 7. The van der Waals surface area contributed by atoms with Crippen LogP contribution in [0.4, 0.5) is 10.9 Å².